The molecule has 2 heterocycles. The first-order valence-electron chi connectivity index (χ1n) is 22.2. The zero-order valence-electron chi connectivity index (χ0n) is 37.3. The van der Waals surface area contributed by atoms with E-state index in [0.717, 1.165) is 77.4 Å². The normalized spacial score (nSPS) is 12.0. The molecule has 0 aliphatic carbocycles. The fourth-order valence-electron chi connectivity index (χ4n) is 6.19. The number of H-pyrrole nitrogens is 1. The number of hydrogen-bond acceptors (Lipinski definition) is 14. The highest BCUT2D eigenvalue weighted by molar-refractivity contribution is 6.06. The smallest absolute Gasteiger partial charge is 0.305 e. The first kappa shape index (κ1) is 52.3. The van der Waals surface area contributed by atoms with Gasteiger partial charge in [0.15, 0.2) is 0 Å². The summed E-state index contributed by atoms with van der Waals surface area (Å²) in [5, 5.41) is 9.58. The Morgan fingerprint density at radius 3 is 1.56 bits per heavy atom. The number of likely N-dealkylation sites (N-methyl/N-ethyl adjacent to an activating group) is 1. The SMILES string of the molecule is CCCCc1nc2c([nH]1)c(N)nc1cc(CCCCC[N+](C)(C)CCOCCOCCOCCOCCOCCOCCOCCOCCOCCOCCC(=O)O)ccc12. The summed E-state index contributed by atoms with van der Waals surface area (Å²) < 4.78 is 55.9. The molecule has 0 saturated heterocycles. The average molecular weight is 867 g/mol. The van der Waals surface area contributed by atoms with Gasteiger partial charge in [-0.05, 0) is 43.7 Å². The molecule has 3 aromatic rings. The minimum Gasteiger partial charge on any atom is -0.481 e. The Morgan fingerprint density at radius 1 is 0.607 bits per heavy atom. The second kappa shape index (κ2) is 33.5. The number of aryl methyl sites for hydroxylation is 2. The zero-order chi connectivity index (χ0) is 43.6. The van der Waals surface area contributed by atoms with Crippen LogP contribution in [0.2, 0.25) is 0 Å². The maximum absolute atomic E-state index is 10.4. The van der Waals surface area contributed by atoms with Crippen LogP contribution in [0.25, 0.3) is 21.9 Å². The molecule has 0 unspecified atom stereocenters. The Morgan fingerprint density at radius 2 is 1.08 bits per heavy atom. The number of fused-ring (bicyclic) bond motifs is 3. The van der Waals surface area contributed by atoms with Crippen LogP contribution in [0.3, 0.4) is 0 Å². The van der Waals surface area contributed by atoms with Crippen molar-refractivity contribution in [3.63, 3.8) is 0 Å². The minimum absolute atomic E-state index is 0.00323. The quantitative estimate of drug-likeness (QED) is 0.0533. The van der Waals surface area contributed by atoms with Crippen LogP contribution in [0, 0.1) is 0 Å². The number of carbonyl (C=O) groups is 1. The van der Waals surface area contributed by atoms with Gasteiger partial charge in [-0.1, -0.05) is 25.5 Å². The van der Waals surface area contributed by atoms with Crippen molar-refractivity contribution in [3.05, 3.63) is 29.6 Å². The topological polar surface area (TPSA) is 197 Å². The first-order chi connectivity index (χ1) is 29.8. The number of anilines is 1. The highest BCUT2D eigenvalue weighted by atomic mass is 16.6. The van der Waals surface area contributed by atoms with Gasteiger partial charge in [0.05, 0.1) is 165 Å². The van der Waals surface area contributed by atoms with Crippen molar-refractivity contribution in [1.82, 2.24) is 15.0 Å². The number of carboxylic acid groups (broad SMARTS) is 1. The number of carboxylic acids is 1. The van der Waals surface area contributed by atoms with Gasteiger partial charge in [-0.15, -0.1) is 0 Å². The monoisotopic (exact) mass is 867 g/mol. The Labute approximate surface area is 362 Å². The van der Waals surface area contributed by atoms with Crippen LogP contribution in [-0.2, 0) is 65.0 Å². The van der Waals surface area contributed by atoms with Crippen molar-refractivity contribution in [1.29, 1.82) is 0 Å². The van der Waals surface area contributed by atoms with E-state index in [1.54, 1.807) is 0 Å². The maximum Gasteiger partial charge on any atom is 0.305 e. The number of aromatic nitrogens is 3. The molecule has 348 valence electrons. The van der Waals surface area contributed by atoms with E-state index in [1.807, 2.05) is 0 Å². The largest absolute Gasteiger partial charge is 0.481 e. The van der Waals surface area contributed by atoms with E-state index in [4.69, 9.17) is 68.2 Å². The molecular weight excluding hydrogens is 791 g/mol. The van der Waals surface area contributed by atoms with Crippen molar-refractivity contribution >= 4 is 33.7 Å². The number of aliphatic carboxylic acids is 1. The van der Waals surface area contributed by atoms with E-state index in [9.17, 15) is 4.79 Å². The first-order valence-corrected chi connectivity index (χ1v) is 22.2. The van der Waals surface area contributed by atoms with E-state index < -0.39 is 5.97 Å². The highest BCUT2D eigenvalue weighted by Gasteiger charge is 2.15. The second-order valence-electron chi connectivity index (χ2n) is 15.3. The Bertz CT molecular complexity index is 1560. The average Bonchev–Trinajstić information content (AvgIpc) is 3.68. The van der Waals surface area contributed by atoms with Crippen LogP contribution < -0.4 is 5.73 Å². The predicted octanol–water partition coefficient (Wildman–Crippen LogP) is 4.47. The lowest BCUT2D eigenvalue weighted by atomic mass is 10.0. The van der Waals surface area contributed by atoms with Crippen LogP contribution in [0.5, 0.6) is 0 Å². The predicted molar refractivity (Wildman–Crippen MR) is 234 cm³/mol. The number of pyridine rings is 1. The van der Waals surface area contributed by atoms with Gasteiger partial charge in [-0.3, -0.25) is 4.79 Å². The second-order valence-corrected chi connectivity index (χ2v) is 15.3. The summed E-state index contributed by atoms with van der Waals surface area (Å²) in [5.74, 6) is 0.630. The van der Waals surface area contributed by atoms with Gasteiger partial charge in [0, 0.05) is 11.8 Å². The molecule has 0 amide bonds. The molecule has 0 fully saturated rings. The molecule has 17 heteroatoms. The van der Waals surface area contributed by atoms with Crippen molar-refractivity contribution in [2.75, 3.05) is 165 Å². The van der Waals surface area contributed by atoms with Crippen molar-refractivity contribution < 1.29 is 61.8 Å². The molecule has 0 saturated carbocycles. The molecule has 1 aromatic carbocycles. The third-order valence-corrected chi connectivity index (χ3v) is 9.71. The standard InChI is InChI=1S/C44H75N5O12/c1-4-5-10-40-47-42-38-12-11-37(36-39(38)46-44(45)43(42)48-40)9-7-6-8-14-49(2,3)15-17-53-19-21-55-23-25-57-27-29-59-31-33-61-35-34-60-32-30-58-28-26-56-24-22-54-20-18-52-16-13-41(50)51/h11-12,36H,4-10,13-35H2,1-3H3,(H3-,45,46,47,48,50,51)/p+1. The van der Waals surface area contributed by atoms with Gasteiger partial charge in [0.2, 0.25) is 0 Å². The van der Waals surface area contributed by atoms with Crippen LogP contribution in [0.4, 0.5) is 5.82 Å². The number of ether oxygens (including phenoxy) is 10. The van der Waals surface area contributed by atoms with Crippen molar-refractivity contribution in [2.45, 2.75) is 58.3 Å². The summed E-state index contributed by atoms with van der Waals surface area (Å²) in [4.78, 5) is 23.3. The highest BCUT2D eigenvalue weighted by Crippen LogP contribution is 2.27. The summed E-state index contributed by atoms with van der Waals surface area (Å²) >= 11 is 0. The number of nitrogens with two attached hydrogens (primary N) is 1. The van der Waals surface area contributed by atoms with Gasteiger partial charge < -0.3 is 67.7 Å². The fraction of sp³-hybridized carbons (Fsp3) is 0.750. The van der Waals surface area contributed by atoms with Crippen LogP contribution in [-0.4, -0.2) is 190 Å². The Balaban J connectivity index is 1.01. The van der Waals surface area contributed by atoms with Crippen molar-refractivity contribution in [2.24, 2.45) is 0 Å². The number of aromatic amines is 1. The van der Waals surface area contributed by atoms with Gasteiger partial charge in [-0.2, -0.15) is 0 Å². The van der Waals surface area contributed by atoms with Gasteiger partial charge >= 0.3 is 5.97 Å². The third kappa shape index (κ3) is 25.0. The number of quaternary nitrogens is 1. The lowest BCUT2D eigenvalue weighted by Gasteiger charge is -2.29. The molecule has 0 radical (unpaired) electrons. The van der Waals surface area contributed by atoms with Crippen LogP contribution in [0.1, 0.15) is 56.8 Å². The van der Waals surface area contributed by atoms with Gasteiger partial charge in [-0.25, -0.2) is 9.97 Å². The van der Waals surface area contributed by atoms with E-state index in [1.165, 1.54) is 18.4 Å². The number of rotatable bonds is 42. The Kier molecular flexibility index (Phi) is 28.7. The maximum atomic E-state index is 10.4. The molecule has 17 nitrogen and oxygen atoms in total. The molecule has 0 spiro atoms. The number of nitrogens with zero attached hydrogens (tertiary/aromatic N) is 3. The number of imidazole rings is 1. The number of nitrogens with one attached hydrogen (secondary N) is 1. The number of hydrogen-bond donors (Lipinski definition) is 3. The van der Waals surface area contributed by atoms with E-state index in [-0.39, 0.29) is 13.0 Å². The number of unbranched alkanes of at least 4 members (excludes halogenated alkanes) is 3. The third-order valence-electron chi connectivity index (χ3n) is 9.71. The molecule has 4 N–H and O–H groups in total. The molecule has 0 aliphatic rings. The molecule has 3 rings (SSSR count). The molecule has 0 bridgehead atoms. The lowest BCUT2D eigenvalue weighted by molar-refractivity contribution is -0.891. The number of nitrogen functional groups attached to an aromatic ring is 1. The summed E-state index contributed by atoms with van der Waals surface area (Å²) in [6, 6.07) is 6.54. The Hall–Kier alpha value is -3.07. The molecule has 61 heavy (non-hydrogen) atoms. The molecular formula is C44H76N5O12+. The van der Waals surface area contributed by atoms with Crippen LogP contribution in [0.15, 0.2) is 18.2 Å². The van der Waals surface area contributed by atoms with Crippen molar-refractivity contribution in [3.8, 4) is 0 Å². The fourth-order valence-corrected chi connectivity index (χ4v) is 6.19. The zero-order valence-corrected chi connectivity index (χ0v) is 37.3. The number of benzene rings is 1. The van der Waals surface area contributed by atoms with Crippen LogP contribution >= 0.6 is 0 Å². The summed E-state index contributed by atoms with van der Waals surface area (Å²) in [5.41, 5.74) is 10.3. The molecule has 0 atom stereocenters. The van der Waals surface area contributed by atoms with Gasteiger partial charge in [0.1, 0.15) is 29.2 Å². The molecule has 0 aliphatic heterocycles. The summed E-state index contributed by atoms with van der Waals surface area (Å²) in [7, 11) is 4.54. The lowest BCUT2D eigenvalue weighted by Crippen LogP contribution is -2.43. The molecule has 2 aromatic heterocycles. The minimum atomic E-state index is -0.874. The van der Waals surface area contributed by atoms with E-state index in [0.29, 0.717) is 131 Å². The summed E-state index contributed by atoms with van der Waals surface area (Å²) in [6.07, 6.45) is 7.67. The van der Waals surface area contributed by atoms with E-state index >= 15 is 0 Å². The summed E-state index contributed by atoms with van der Waals surface area (Å²) in [6.45, 7) is 13.9. The van der Waals surface area contributed by atoms with E-state index in [2.05, 4.69) is 44.2 Å². The van der Waals surface area contributed by atoms with Gasteiger partial charge in [0.25, 0.3) is 0 Å².